The van der Waals surface area contributed by atoms with E-state index in [9.17, 15) is 13.0 Å². The summed E-state index contributed by atoms with van der Waals surface area (Å²) >= 11 is 0. The SMILES string of the molecule is CN(C)c1ccc(N=Nc2n(C)c3ccccc3[n+]2C)cc1.O=S(=O)([O-])c1ccccc1. The molecule has 0 spiro atoms. The lowest BCUT2D eigenvalue weighted by Gasteiger charge is -2.11. The molecule has 0 aliphatic carbocycles. The Morgan fingerprint density at radius 3 is 2.00 bits per heavy atom. The van der Waals surface area contributed by atoms with Crippen LogP contribution in [0.1, 0.15) is 0 Å². The number of aryl methyl sites for hydroxylation is 2. The van der Waals surface area contributed by atoms with Crippen molar-refractivity contribution in [3.63, 3.8) is 0 Å². The maximum absolute atomic E-state index is 10.3. The number of azo groups is 1. The minimum atomic E-state index is -4.25. The third kappa shape index (κ3) is 5.37. The summed E-state index contributed by atoms with van der Waals surface area (Å²) in [4.78, 5) is 1.88. The molecule has 4 aromatic rings. The minimum absolute atomic E-state index is 0.185. The Morgan fingerprint density at radius 2 is 1.47 bits per heavy atom. The highest BCUT2D eigenvalue weighted by Crippen LogP contribution is 2.22. The number of fused-ring (bicyclic) bond motifs is 1. The summed E-state index contributed by atoms with van der Waals surface area (Å²) in [6.07, 6.45) is 0. The number of anilines is 1. The van der Waals surface area contributed by atoms with E-state index >= 15 is 0 Å². The predicted octanol–water partition coefficient (Wildman–Crippen LogP) is 4.07. The van der Waals surface area contributed by atoms with Crippen molar-refractivity contribution in [1.82, 2.24) is 4.57 Å². The fourth-order valence-corrected chi connectivity index (χ4v) is 3.60. The molecule has 3 aromatic carbocycles. The molecule has 0 bridgehead atoms. The molecule has 0 amide bonds. The molecule has 32 heavy (non-hydrogen) atoms. The molecule has 166 valence electrons. The Labute approximate surface area is 187 Å². The number of hydrogen-bond donors (Lipinski definition) is 0. The molecule has 0 radical (unpaired) electrons. The molecular formula is C23H25N5O3S. The van der Waals surface area contributed by atoms with Crippen LogP contribution in [-0.4, -0.2) is 31.6 Å². The monoisotopic (exact) mass is 451 g/mol. The molecule has 9 heteroatoms. The van der Waals surface area contributed by atoms with Crippen LogP contribution in [-0.2, 0) is 24.2 Å². The first-order chi connectivity index (χ1) is 15.2. The van der Waals surface area contributed by atoms with Gasteiger partial charge in [0.15, 0.2) is 0 Å². The maximum Gasteiger partial charge on any atom is 0.422 e. The van der Waals surface area contributed by atoms with Gasteiger partial charge in [-0.05, 0) is 48.5 Å². The van der Waals surface area contributed by atoms with Crippen molar-refractivity contribution in [3.8, 4) is 0 Å². The zero-order chi connectivity index (χ0) is 23.3. The summed E-state index contributed by atoms with van der Waals surface area (Å²) in [5.74, 6) is 0.817. The van der Waals surface area contributed by atoms with E-state index in [1.54, 1.807) is 6.07 Å². The lowest BCUT2D eigenvalue weighted by Crippen LogP contribution is -2.26. The first-order valence-corrected chi connectivity index (χ1v) is 11.2. The molecule has 0 N–H and O–H groups in total. The molecular weight excluding hydrogens is 426 g/mol. The third-order valence-electron chi connectivity index (χ3n) is 4.86. The topological polar surface area (TPSA) is 94.0 Å². The zero-order valence-corrected chi connectivity index (χ0v) is 19.2. The van der Waals surface area contributed by atoms with Crippen LogP contribution in [0.4, 0.5) is 17.3 Å². The van der Waals surface area contributed by atoms with Gasteiger partial charge in [0.25, 0.3) is 0 Å². The van der Waals surface area contributed by atoms with Crippen molar-refractivity contribution in [1.29, 1.82) is 0 Å². The van der Waals surface area contributed by atoms with E-state index in [-0.39, 0.29) is 4.90 Å². The van der Waals surface area contributed by atoms with Gasteiger partial charge in [0.05, 0.1) is 19.0 Å². The summed E-state index contributed by atoms with van der Waals surface area (Å²) in [6.45, 7) is 0. The van der Waals surface area contributed by atoms with E-state index < -0.39 is 10.1 Å². The molecule has 0 unspecified atom stereocenters. The van der Waals surface area contributed by atoms with Crippen molar-refractivity contribution in [3.05, 3.63) is 78.9 Å². The van der Waals surface area contributed by atoms with Crippen LogP contribution >= 0.6 is 0 Å². The zero-order valence-electron chi connectivity index (χ0n) is 18.4. The normalized spacial score (nSPS) is 11.4. The Kier molecular flexibility index (Phi) is 7.01. The van der Waals surface area contributed by atoms with Gasteiger partial charge < -0.3 is 9.45 Å². The Hall–Kier alpha value is -3.56. The van der Waals surface area contributed by atoms with Gasteiger partial charge in [-0.2, -0.15) is 0 Å². The van der Waals surface area contributed by atoms with Crippen LogP contribution in [0.25, 0.3) is 11.0 Å². The van der Waals surface area contributed by atoms with Crippen LogP contribution < -0.4 is 9.47 Å². The van der Waals surface area contributed by atoms with Gasteiger partial charge in [0.1, 0.15) is 26.8 Å². The van der Waals surface area contributed by atoms with Gasteiger partial charge in [0, 0.05) is 24.9 Å². The van der Waals surface area contributed by atoms with Gasteiger partial charge in [-0.15, -0.1) is 0 Å². The summed E-state index contributed by atoms with van der Waals surface area (Å²) in [5, 5.41) is 8.78. The number of imidazole rings is 1. The molecule has 8 nitrogen and oxygen atoms in total. The number of aromatic nitrogens is 2. The second-order valence-electron chi connectivity index (χ2n) is 7.28. The lowest BCUT2D eigenvalue weighted by atomic mass is 10.3. The summed E-state index contributed by atoms with van der Waals surface area (Å²) in [5.41, 5.74) is 4.27. The first kappa shape index (κ1) is 23.1. The van der Waals surface area contributed by atoms with E-state index in [1.807, 2.05) is 73.7 Å². The van der Waals surface area contributed by atoms with E-state index in [2.05, 4.69) is 27.3 Å². The van der Waals surface area contributed by atoms with Gasteiger partial charge in [0.2, 0.25) is 0 Å². The molecule has 4 rings (SSSR count). The second-order valence-corrected chi connectivity index (χ2v) is 8.66. The standard InChI is InChI=1S/C17H20N5.C6H6O3S/c1-20(2)14-11-9-13(10-12-14)18-19-17-21(3)15-7-5-6-8-16(15)22(17)4;7-10(8,9)6-4-2-1-3-5-6/h5-12H,1-4H3;1-5H,(H,7,8,9)/q+1;/p-1. The van der Waals surface area contributed by atoms with Crippen molar-refractivity contribution in [2.75, 3.05) is 19.0 Å². The minimum Gasteiger partial charge on any atom is -0.744 e. The molecule has 0 aliphatic rings. The van der Waals surface area contributed by atoms with Gasteiger partial charge >= 0.3 is 5.95 Å². The van der Waals surface area contributed by atoms with E-state index in [1.165, 1.54) is 24.3 Å². The van der Waals surface area contributed by atoms with Crippen LogP contribution in [0, 0.1) is 0 Å². The first-order valence-electron chi connectivity index (χ1n) is 9.82. The van der Waals surface area contributed by atoms with E-state index in [0.717, 1.165) is 28.4 Å². The maximum atomic E-state index is 10.3. The molecule has 0 fully saturated rings. The number of hydrogen-bond acceptors (Lipinski definition) is 6. The lowest BCUT2D eigenvalue weighted by molar-refractivity contribution is -0.632. The number of rotatable bonds is 4. The molecule has 0 aliphatic heterocycles. The highest BCUT2D eigenvalue weighted by molar-refractivity contribution is 7.85. The fraction of sp³-hybridized carbons (Fsp3) is 0.174. The summed E-state index contributed by atoms with van der Waals surface area (Å²) in [7, 11) is 3.80. The Bertz CT molecular complexity index is 1290. The van der Waals surface area contributed by atoms with E-state index in [0.29, 0.717) is 0 Å². The molecule has 1 aromatic heterocycles. The van der Waals surface area contributed by atoms with Gasteiger partial charge in [-0.25, -0.2) is 17.6 Å². The molecule has 0 saturated carbocycles. The predicted molar refractivity (Wildman–Crippen MR) is 123 cm³/mol. The van der Waals surface area contributed by atoms with Crippen LogP contribution in [0.5, 0.6) is 0 Å². The van der Waals surface area contributed by atoms with Crippen molar-refractivity contribution in [2.45, 2.75) is 4.90 Å². The third-order valence-corrected chi connectivity index (χ3v) is 5.71. The van der Waals surface area contributed by atoms with Crippen LogP contribution in [0.2, 0.25) is 0 Å². The van der Waals surface area contributed by atoms with Gasteiger partial charge in [-0.1, -0.05) is 35.4 Å². The second kappa shape index (κ2) is 9.71. The largest absolute Gasteiger partial charge is 0.744 e. The summed E-state index contributed by atoms with van der Waals surface area (Å²) in [6, 6.07) is 23.4. The molecule has 1 heterocycles. The number of nitrogens with zero attached hydrogens (tertiary/aromatic N) is 5. The molecule has 0 saturated heterocycles. The highest BCUT2D eigenvalue weighted by Gasteiger charge is 2.18. The van der Waals surface area contributed by atoms with Crippen LogP contribution in [0.3, 0.4) is 0 Å². The van der Waals surface area contributed by atoms with Crippen molar-refractivity contribution >= 4 is 38.5 Å². The van der Waals surface area contributed by atoms with Crippen LogP contribution in [0.15, 0.2) is 94.0 Å². The Balaban J connectivity index is 0.000000243. The quantitative estimate of drug-likeness (QED) is 0.265. The number of benzene rings is 3. The van der Waals surface area contributed by atoms with Gasteiger partial charge in [-0.3, -0.25) is 0 Å². The summed E-state index contributed by atoms with van der Waals surface area (Å²) < 4.78 is 34.9. The average molecular weight is 452 g/mol. The average Bonchev–Trinajstić information content (AvgIpc) is 3.03. The van der Waals surface area contributed by atoms with Crippen molar-refractivity contribution < 1.29 is 17.5 Å². The Morgan fingerprint density at radius 1 is 0.875 bits per heavy atom. The van der Waals surface area contributed by atoms with E-state index in [4.69, 9.17) is 0 Å². The number of para-hydroxylation sites is 2. The van der Waals surface area contributed by atoms with Crippen molar-refractivity contribution in [2.24, 2.45) is 24.3 Å². The highest BCUT2D eigenvalue weighted by atomic mass is 32.2. The smallest absolute Gasteiger partial charge is 0.422 e. The fourth-order valence-electron chi connectivity index (χ4n) is 3.11. The molecule has 0 atom stereocenters.